The third-order valence-electron chi connectivity index (χ3n) is 2.37. The molecule has 0 spiro atoms. The van der Waals surface area contributed by atoms with E-state index < -0.39 is 0 Å². The number of nitrogens with two attached hydrogens (primary N) is 1. The zero-order valence-corrected chi connectivity index (χ0v) is 10.8. The molecule has 0 aliphatic heterocycles. The summed E-state index contributed by atoms with van der Waals surface area (Å²) in [6, 6.07) is 7.11. The molecule has 0 bridgehead atoms. The third-order valence-corrected chi connectivity index (χ3v) is 3.52. The standard InChI is InChI=1S/C12H18N2O2S/c1-10(13)6-4-5-9-17-12-8-3-2-7-11(12)14(15)16/h2-3,7-8,10H,4-6,9,13H2,1H3. The lowest BCUT2D eigenvalue weighted by molar-refractivity contribution is -0.387. The quantitative estimate of drug-likeness (QED) is 0.351. The first kappa shape index (κ1) is 14.0. The van der Waals surface area contributed by atoms with E-state index in [1.165, 1.54) is 0 Å². The first-order valence-electron chi connectivity index (χ1n) is 5.73. The second-order valence-electron chi connectivity index (χ2n) is 4.05. The van der Waals surface area contributed by atoms with E-state index in [4.69, 9.17) is 5.73 Å². The van der Waals surface area contributed by atoms with Crippen LogP contribution in [0, 0.1) is 10.1 Å². The van der Waals surface area contributed by atoms with Gasteiger partial charge in [-0.3, -0.25) is 10.1 Å². The molecular weight excluding hydrogens is 236 g/mol. The lowest BCUT2D eigenvalue weighted by atomic mass is 10.2. The molecule has 1 atom stereocenters. The zero-order chi connectivity index (χ0) is 12.7. The molecule has 2 N–H and O–H groups in total. The summed E-state index contributed by atoms with van der Waals surface area (Å²) in [7, 11) is 0. The molecule has 1 rings (SSSR count). The molecular formula is C12H18N2O2S. The monoisotopic (exact) mass is 254 g/mol. The van der Waals surface area contributed by atoms with Gasteiger partial charge in [-0.2, -0.15) is 0 Å². The predicted octanol–water partition coefficient (Wildman–Crippen LogP) is 3.20. The lowest BCUT2D eigenvalue weighted by Crippen LogP contribution is -2.14. The van der Waals surface area contributed by atoms with E-state index in [-0.39, 0.29) is 16.7 Å². The van der Waals surface area contributed by atoms with Gasteiger partial charge in [0.1, 0.15) is 0 Å². The van der Waals surface area contributed by atoms with Crippen LogP contribution in [0.3, 0.4) is 0 Å². The van der Waals surface area contributed by atoms with Crippen LogP contribution in [0.5, 0.6) is 0 Å². The summed E-state index contributed by atoms with van der Waals surface area (Å²) in [5.74, 6) is 0.900. The summed E-state index contributed by atoms with van der Waals surface area (Å²) in [5, 5.41) is 10.8. The predicted molar refractivity (Wildman–Crippen MR) is 71.3 cm³/mol. The number of nitro groups is 1. The highest BCUT2D eigenvalue weighted by molar-refractivity contribution is 7.99. The fraction of sp³-hybridized carbons (Fsp3) is 0.500. The van der Waals surface area contributed by atoms with Gasteiger partial charge in [0.2, 0.25) is 0 Å². The molecule has 0 aromatic heterocycles. The summed E-state index contributed by atoms with van der Waals surface area (Å²) in [6.45, 7) is 2.00. The normalized spacial score (nSPS) is 12.4. The van der Waals surface area contributed by atoms with Gasteiger partial charge >= 0.3 is 0 Å². The molecule has 0 aliphatic rings. The minimum Gasteiger partial charge on any atom is -0.328 e. The maximum absolute atomic E-state index is 10.8. The molecule has 0 fully saturated rings. The minimum absolute atomic E-state index is 0.199. The molecule has 4 nitrogen and oxygen atoms in total. The molecule has 17 heavy (non-hydrogen) atoms. The van der Waals surface area contributed by atoms with E-state index in [0.717, 1.165) is 29.9 Å². The highest BCUT2D eigenvalue weighted by Gasteiger charge is 2.11. The molecule has 0 heterocycles. The fourth-order valence-electron chi connectivity index (χ4n) is 1.48. The van der Waals surface area contributed by atoms with Gasteiger partial charge < -0.3 is 5.73 Å². The van der Waals surface area contributed by atoms with Gasteiger partial charge in [-0.25, -0.2) is 0 Å². The van der Waals surface area contributed by atoms with Crippen LogP contribution in [0.25, 0.3) is 0 Å². The van der Waals surface area contributed by atoms with E-state index in [2.05, 4.69) is 0 Å². The zero-order valence-electron chi connectivity index (χ0n) is 9.96. The topological polar surface area (TPSA) is 69.2 Å². The molecule has 5 heteroatoms. The fourth-order valence-corrected chi connectivity index (χ4v) is 2.51. The van der Waals surface area contributed by atoms with Crippen molar-refractivity contribution >= 4 is 17.4 Å². The van der Waals surface area contributed by atoms with E-state index in [9.17, 15) is 10.1 Å². The van der Waals surface area contributed by atoms with E-state index >= 15 is 0 Å². The van der Waals surface area contributed by atoms with Crippen molar-refractivity contribution in [2.45, 2.75) is 37.1 Å². The van der Waals surface area contributed by atoms with Crippen LogP contribution in [0.1, 0.15) is 26.2 Å². The van der Waals surface area contributed by atoms with Crippen molar-refractivity contribution in [3.63, 3.8) is 0 Å². The van der Waals surface area contributed by atoms with Gasteiger partial charge in [-0.15, -0.1) is 11.8 Å². The van der Waals surface area contributed by atoms with Crippen molar-refractivity contribution in [3.05, 3.63) is 34.4 Å². The minimum atomic E-state index is -0.329. The van der Waals surface area contributed by atoms with E-state index in [1.807, 2.05) is 13.0 Å². The van der Waals surface area contributed by atoms with Crippen molar-refractivity contribution in [1.29, 1.82) is 0 Å². The Labute approximate surface area is 106 Å². The molecule has 1 unspecified atom stereocenters. The van der Waals surface area contributed by atoms with E-state index in [1.54, 1.807) is 30.0 Å². The third kappa shape index (κ3) is 5.19. The summed E-state index contributed by atoms with van der Waals surface area (Å²) in [4.78, 5) is 11.2. The van der Waals surface area contributed by atoms with Gasteiger partial charge in [0.15, 0.2) is 0 Å². The Kier molecular flexibility index (Phi) is 6.00. The highest BCUT2D eigenvalue weighted by atomic mass is 32.2. The van der Waals surface area contributed by atoms with Gasteiger partial charge in [0, 0.05) is 12.1 Å². The lowest BCUT2D eigenvalue weighted by Gasteiger charge is -2.05. The van der Waals surface area contributed by atoms with Crippen molar-refractivity contribution in [2.24, 2.45) is 5.73 Å². The van der Waals surface area contributed by atoms with Gasteiger partial charge in [-0.05, 0) is 31.6 Å². The van der Waals surface area contributed by atoms with Crippen LogP contribution in [-0.4, -0.2) is 16.7 Å². The first-order chi connectivity index (χ1) is 8.11. The molecule has 1 aromatic rings. The number of benzene rings is 1. The Balaban J connectivity index is 2.39. The molecule has 0 amide bonds. The smallest absolute Gasteiger partial charge is 0.282 e. The van der Waals surface area contributed by atoms with Crippen molar-refractivity contribution in [2.75, 3.05) is 5.75 Å². The van der Waals surface area contributed by atoms with Gasteiger partial charge in [-0.1, -0.05) is 18.6 Å². The maximum atomic E-state index is 10.8. The molecule has 0 radical (unpaired) electrons. The largest absolute Gasteiger partial charge is 0.328 e. The maximum Gasteiger partial charge on any atom is 0.282 e. The molecule has 1 aromatic carbocycles. The molecule has 94 valence electrons. The second-order valence-corrected chi connectivity index (χ2v) is 5.18. The molecule has 0 aliphatic carbocycles. The summed E-state index contributed by atoms with van der Waals surface area (Å²) >= 11 is 1.54. The summed E-state index contributed by atoms with van der Waals surface area (Å²) < 4.78 is 0. The number of para-hydroxylation sites is 1. The summed E-state index contributed by atoms with van der Waals surface area (Å²) in [5.41, 5.74) is 5.85. The van der Waals surface area contributed by atoms with Crippen LogP contribution in [0.2, 0.25) is 0 Å². The Hall–Kier alpha value is -1.07. The number of nitrogens with zero attached hydrogens (tertiary/aromatic N) is 1. The highest BCUT2D eigenvalue weighted by Crippen LogP contribution is 2.29. The first-order valence-corrected chi connectivity index (χ1v) is 6.71. The van der Waals surface area contributed by atoms with Crippen molar-refractivity contribution < 1.29 is 4.92 Å². The van der Waals surface area contributed by atoms with Crippen LogP contribution >= 0.6 is 11.8 Å². The van der Waals surface area contributed by atoms with Crippen LogP contribution < -0.4 is 5.73 Å². The number of hydrogen-bond donors (Lipinski definition) is 1. The number of rotatable bonds is 7. The Bertz CT molecular complexity index is 369. The Morgan fingerprint density at radius 3 is 2.76 bits per heavy atom. The number of unbranched alkanes of at least 4 members (excludes halogenated alkanes) is 1. The SMILES string of the molecule is CC(N)CCCCSc1ccccc1[N+](=O)[O-]. The van der Waals surface area contributed by atoms with Crippen LogP contribution in [0.15, 0.2) is 29.2 Å². The molecule has 0 saturated carbocycles. The van der Waals surface area contributed by atoms with Crippen LogP contribution in [0.4, 0.5) is 5.69 Å². The van der Waals surface area contributed by atoms with Crippen molar-refractivity contribution in [1.82, 2.24) is 0 Å². The van der Waals surface area contributed by atoms with Gasteiger partial charge in [0.05, 0.1) is 9.82 Å². The molecule has 0 saturated heterocycles. The van der Waals surface area contributed by atoms with Crippen LogP contribution in [-0.2, 0) is 0 Å². The average molecular weight is 254 g/mol. The second kappa shape index (κ2) is 7.29. The number of thioether (sulfide) groups is 1. The summed E-state index contributed by atoms with van der Waals surface area (Å²) in [6.07, 6.45) is 3.13. The Morgan fingerprint density at radius 2 is 2.12 bits per heavy atom. The average Bonchev–Trinajstić information content (AvgIpc) is 2.28. The van der Waals surface area contributed by atoms with E-state index in [0.29, 0.717) is 0 Å². The Morgan fingerprint density at radius 1 is 1.41 bits per heavy atom. The number of hydrogen-bond acceptors (Lipinski definition) is 4. The van der Waals surface area contributed by atoms with Gasteiger partial charge in [0.25, 0.3) is 5.69 Å². The number of nitro benzene ring substituents is 1. The van der Waals surface area contributed by atoms with Crippen molar-refractivity contribution in [3.8, 4) is 0 Å².